The first-order valence-corrected chi connectivity index (χ1v) is 5.58. The van der Waals surface area contributed by atoms with Gasteiger partial charge in [0.25, 0.3) is 0 Å². The summed E-state index contributed by atoms with van der Waals surface area (Å²) >= 11 is 1.65. The molecule has 15 heavy (non-hydrogen) atoms. The fraction of sp³-hybridized carbons (Fsp3) is 0.300. The summed E-state index contributed by atoms with van der Waals surface area (Å²) in [7, 11) is 0. The molecule has 0 unspecified atom stereocenters. The van der Waals surface area contributed by atoms with Crippen molar-refractivity contribution in [2.45, 2.75) is 20.0 Å². The van der Waals surface area contributed by atoms with Gasteiger partial charge in [0.05, 0.1) is 16.9 Å². The summed E-state index contributed by atoms with van der Waals surface area (Å²) < 4.78 is 0. The molecule has 0 spiro atoms. The number of nitrogens with one attached hydrogen (secondary N) is 1. The smallest absolute Gasteiger partial charge is 0.0794 e. The van der Waals surface area contributed by atoms with E-state index >= 15 is 0 Å². The summed E-state index contributed by atoms with van der Waals surface area (Å²) in [6.07, 6.45) is 5.46. The molecule has 0 fully saturated rings. The number of hydrogen-bond acceptors (Lipinski definition) is 5. The predicted molar refractivity (Wildman–Crippen MR) is 59.4 cm³/mol. The quantitative estimate of drug-likeness (QED) is 0.849. The molecule has 0 saturated heterocycles. The maximum absolute atomic E-state index is 4.26. The Kier molecular flexibility index (Phi) is 3.37. The van der Waals surface area contributed by atoms with Crippen LogP contribution in [0.25, 0.3) is 0 Å². The Morgan fingerprint density at radius 1 is 1.20 bits per heavy atom. The molecule has 2 aromatic heterocycles. The van der Waals surface area contributed by atoms with Gasteiger partial charge in [0.1, 0.15) is 0 Å². The molecular formula is C10H12N4S. The molecule has 0 amide bonds. The highest BCUT2D eigenvalue weighted by Gasteiger charge is 1.96. The van der Waals surface area contributed by atoms with Crippen molar-refractivity contribution in [2.75, 3.05) is 0 Å². The van der Waals surface area contributed by atoms with Gasteiger partial charge < -0.3 is 5.32 Å². The lowest BCUT2D eigenvalue weighted by atomic mass is 10.4. The van der Waals surface area contributed by atoms with Crippen molar-refractivity contribution >= 4 is 11.3 Å². The van der Waals surface area contributed by atoms with Gasteiger partial charge in [0, 0.05) is 36.6 Å². The van der Waals surface area contributed by atoms with E-state index in [1.165, 1.54) is 4.88 Å². The lowest BCUT2D eigenvalue weighted by molar-refractivity contribution is 0.681. The Balaban J connectivity index is 1.81. The molecule has 4 nitrogen and oxygen atoms in total. The minimum Gasteiger partial charge on any atom is -0.306 e. The van der Waals surface area contributed by atoms with Crippen LogP contribution < -0.4 is 5.32 Å². The number of thiazole rings is 1. The average molecular weight is 220 g/mol. The van der Waals surface area contributed by atoms with E-state index in [0.29, 0.717) is 0 Å². The molecule has 2 heterocycles. The van der Waals surface area contributed by atoms with Gasteiger partial charge in [-0.3, -0.25) is 15.0 Å². The summed E-state index contributed by atoms with van der Waals surface area (Å²) in [6.45, 7) is 3.51. The molecule has 0 aromatic carbocycles. The number of aryl methyl sites for hydroxylation is 1. The molecule has 0 bridgehead atoms. The van der Waals surface area contributed by atoms with Crippen LogP contribution in [0.15, 0.2) is 24.1 Å². The number of nitrogens with zero attached hydrogens (tertiary/aromatic N) is 3. The summed E-state index contributed by atoms with van der Waals surface area (Å²) in [5.74, 6) is 0. The van der Waals surface area contributed by atoms with Crippen molar-refractivity contribution in [3.05, 3.63) is 40.4 Å². The zero-order chi connectivity index (χ0) is 10.5. The van der Waals surface area contributed by atoms with Crippen LogP contribution in [0.2, 0.25) is 0 Å². The fourth-order valence-corrected chi connectivity index (χ4v) is 1.72. The average Bonchev–Trinajstić information content (AvgIpc) is 2.74. The lowest BCUT2D eigenvalue weighted by Crippen LogP contribution is -2.13. The third kappa shape index (κ3) is 3.07. The lowest BCUT2D eigenvalue weighted by Gasteiger charge is -2.01. The second-order valence-corrected chi connectivity index (χ2v) is 4.19. The SMILES string of the molecule is Cc1cnc(CNCc2cncs2)cn1. The van der Waals surface area contributed by atoms with Crippen LogP contribution in [0, 0.1) is 6.92 Å². The van der Waals surface area contributed by atoms with Crippen molar-refractivity contribution in [3.63, 3.8) is 0 Å². The summed E-state index contributed by atoms with van der Waals surface area (Å²) in [4.78, 5) is 13.7. The second-order valence-electron chi connectivity index (χ2n) is 3.22. The molecular weight excluding hydrogens is 208 g/mol. The monoisotopic (exact) mass is 220 g/mol. The fourth-order valence-electron chi connectivity index (χ4n) is 1.15. The zero-order valence-corrected chi connectivity index (χ0v) is 9.29. The van der Waals surface area contributed by atoms with Crippen LogP contribution in [0.4, 0.5) is 0 Å². The molecule has 1 N–H and O–H groups in total. The van der Waals surface area contributed by atoms with Gasteiger partial charge in [-0.2, -0.15) is 0 Å². The van der Waals surface area contributed by atoms with E-state index in [2.05, 4.69) is 20.3 Å². The number of aromatic nitrogens is 3. The Hall–Kier alpha value is -1.33. The van der Waals surface area contributed by atoms with Gasteiger partial charge in [-0.05, 0) is 6.92 Å². The highest BCUT2D eigenvalue weighted by molar-refractivity contribution is 7.09. The van der Waals surface area contributed by atoms with Crippen LogP contribution in [0.1, 0.15) is 16.3 Å². The maximum Gasteiger partial charge on any atom is 0.0794 e. The summed E-state index contributed by atoms with van der Waals surface area (Å²) in [5.41, 5.74) is 3.74. The molecule has 5 heteroatoms. The molecule has 78 valence electrons. The van der Waals surface area contributed by atoms with Crippen LogP contribution in [0.5, 0.6) is 0 Å². The van der Waals surface area contributed by atoms with Crippen molar-refractivity contribution in [2.24, 2.45) is 0 Å². The minimum absolute atomic E-state index is 0.741. The summed E-state index contributed by atoms with van der Waals surface area (Å²) in [6, 6.07) is 0. The Bertz CT molecular complexity index is 396. The van der Waals surface area contributed by atoms with Crippen LogP contribution in [-0.4, -0.2) is 15.0 Å². The first-order valence-electron chi connectivity index (χ1n) is 4.70. The van der Waals surface area contributed by atoms with Gasteiger partial charge >= 0.3 is 0 Å². The van der Waals surface area contributed by atoms with Gasteiger partial charge in [-0.15, -0.1) is 11.3 Å². The Morgan fingerprint density at radius 2 is 2.13 bits per heavy atom. The number of rotatable bonds is 4. The molecule has 0 atom stereocenters. The molecule has 0 aliphatic carbocycles. The van der Waals surface area contributed by atoms with Crippen LogP contribution in [-0.2, 0) is 13.1 Å². The molecule has 0 radical (unpaired) electrons. The Morgan fingerprint density at radius 3 is 2.80 bits per heavy atom. The molecule has 2 rings (SSSR count). The van der Waals surface area contributed by atoms with Gasteiger partial charge in [0.15, 0.2) is 0 Å². The van der Waals surface area contributed by atoms with Crippen LogP contribution in [0.3, 0.4) is 0 Å². The number of hydrogen-bond donors (Lipinski definition) is 1. The third-order valence-electron chi connectivity index (χ3n) is 1.92. The predicted octanol–water partition coefficient (Wildman–Crippen LogP) is 1.53. The van der Waals surface area contributed by atoms with E-state index in [1.807, 2.05) is 18.6 Å². The topological polar surface area (TPSA) is 50.7 Å². The van der Waals surface area contributed by atoms with Gasteiger partial charge in [-0.25, -0.2) is 0 Å². The largest absolute Gasteiger partial charge is 0.306 e. The Labute approximate surface area is 92.4 Å². The van der Waals surface area contributed by atoms with E-state index in [4.69, 9.17) is 0 Å². The highest BCUT2D eigenvalue weighted by Crippen LogP contribution is 2.04. The molecule has 0 aliphatic rings. The van der Waals surface area contributed by atoms with Gasteiger partial charge in [0.2, 0.25) is 0 Å². The van der Waals surface area contributed by atoms with Crippen molar-refractivity contribution in [1.82, 2.24) is 20.3 Å². The highest BCUT2D eigenvalue weighted by atomic mass is 32.1. The summed E-state index contributed by atoms with van der Waals surface area (Å²) in [5, 5.41) is 3.29. The van der Waals surface area contributed by atoms with Crippen LogP contribution >= 0.6 is 11.3 Å². The van der Waals surface area contributed by atoms with E-state index in [-0.39, 0.29) is 0 Å². The zero-order valence-electron chi connectivity index (χ0n) is 8.47. The van der Waals surface area contributed by atoms with E-state index in [0.717, 1.165) is 24.5 Å². The molecule has 0 saturated carbocycles. The van der Waals surface area contributed by atoms with Crippen molar-refractivity contribution < 1.29 is 0 Å². The van der Waals surface area contributed by atoms with E-state index in [9.17, 15) is 0 Å². The minimum atomic E-state index is 0.741. The van der Waals surface area contributed by atoms with E-state index in [1.54, 1.807) is 23.7 Å². The second kappa shape index (κ2) is 4.95. The molecule has 0 aliphatic heterocycles. The van der Waals surface area contributed by atoms with Crippen molar-refractivity contribution in [1.29, 1.82) is 0 Å². The van der Waals surface area contributed by atoms with E-state index < -0.39 is 0 Å². The third-order valence-corrected chi connectivity index (χ3v) is 2.70. The first-order chi connectivity index (χ1) is 7.34. The molecule has 2 aromatic rings. The maximum atomic E-state index is 4.26. The normalized spacial score (nSPS) is 10.5. The van der Waals surface area contributed by atoms with Gasteiger partial charge in [-0.1, -0.05) is 0 Å². The standard InChI is InChI=1S/C10H12N4S/c1-8-2-14-9(4-13-8)3-11-5-10-6-12-7-15-10/h2,4,6-7,11H,3,5H2,1H3. The van der Waals surface area contributed by atoms with Crippen molar-refractivity contribution in [3.8, 4) is 0 Å². The first kappa shape index (κ1) is 10.2.